The second kappa shape index (κ2) is 18.0. The zero-order chi connectivity index (χ0) is 56.0. The lowest BCUT2D eigenvalue weighted by Gasteiger charge is -2.45. The molecule has 5 heteroatoms. The van der Waals surface area contributed by atoms with Gasteiger partial charge in [0, 0.05) is 61.9 Å². The molecule has 0 fully saturated rings. The second-order valence-corrected chi connectivity index (χ2v) is 27.6. The van der Waals surface area contributed by atoms with Crippen molar-refractivity contribution in [2.75, 3.05) is 14.7 Å². The van der Waals surface area contributed by atoms with Gasteiger partial charge in [0.2, 0.25) is 0 Å². The quantitative estimate of drug-likeness (QED) is 0.155. The molecular weight excluding hydrogens is 970 g/mol. The number of hydrogen-bond donors (Lipinski definition) is 0. The minimum atomic E-state index is -0.203. The van der Waals surface area contributed by atoms with Gasteiger partial charge in [-0.15, -0.1) is 0 Å². The van der Waals surface area contributed by atoms with E-state index in [-0.39, 0.29) is 33.8 Å². The van der Waals surface area contributed by atoms with Gasteiger partial charge in [0.25, 0.3) is 6.71 Å². The molecule has 0 N–H and O–H groups in total. The number of anilines is 9. The van der Waals surface area contributed by atoms with Gasteiger partial charge in [-0.3, -0.25) is 0 Å². The molecule has 2 aliphatic heterocycles. The number of para-hydroxylation sites is 1. The third kappa shape index (κ3) is 8.41. The Morgan fingerprint density at radius 3 is 1.40 bits per heavy atom. The predicted octanol–water partition coefficient (Wildman–Crippen LogP) is 19.1. The molecule has 0 spiro atoms. The van der Waals surface area contributed by atoms with E-state index in [0.29, 0.717) is 0 Å². The van der Waals surface area contributed by atoms with E-state index >= 15 is 0 Å². The van der Waals surface area contributed by atoms with Gasteiger partial charge in [0.05, 0.1) is 5.69 Å². The van der Waals surface area contributed by atoms with E-state index in [1.54, 1.807) is 0 Å². The van der Waals surface area contributed by atoms with Crippen molar-refractivity contribution >= 4 is 85.3 Å². The van der Waals surface area contributed by atoms with Crippen molar-refractivity contribution in [2.45, 2.75) is 124 Å². The first-order valence-electron chi connectivity index (χ1n) is 28.9. The van der Waals surface area contributed by atoms with Crippen LogP contribution in [0.1, 0.15) is 130 Å². The zero-order valence-electron chi connectivity index (χ0n) is 49.3. The number of rotatable bonds is 6. The highest BCUT2D eigenvalue weighted by molar-refractivity contribution is 7.00. The number of benzene rings is 9. The van der Waals surface area contributed by atoms with Gasteiger partial charge in [-0.25, -0.2) is 0 Å². The molecular formula is C75H74BN3O. The summed E-state index contributed by atoms with van der Waals surface area (Å²) in [6.45, 7) is 32.6. The van der Waals surface area contributed by atoms with Crippen LogP contribution >= 0.6 is 0 Å². The SMILES string of the molecule is CC(C)(C)c1ccc(N2c3ccc(C(C)(C)C)cc3B3c4cc(C(C)(C)C)ccc4N(c4ccc(C(C)(C)C)cc4)c4cc(N(c5ccc(-c6cc7ccccc7o6)cc5)c5ccc6c(c5)C(C)(C)c5ccccc5-6)cc2c43)cc1. The van der Waals surface area contributed by atoms with Crippen molar-refractivity contribution in [1.82, 2.24) is 0 Å². The first kappa shape index (κ1) is 51.4. The van der Waals surface area contributed by atoms with E-state index in [4.69, 9.17) is 4.42 Å². The molecule has 13 rings (SSSR count). The maximum absolute atomic E-state index is 6.48. The first-order valence-corrected chi connectivity index (χ1v) is 28.9. The summed E-state index contributed by atoms with van der Waals surface area (Å²) in [5.41, 5.74) is 26.3. The molecule has 0 atom stereocenters. The summed E-state index contributed by atoms with van der Waals surface area (Å²) >= 11 is 0. The van der Waals surface area contributed by atoms with Crippen molar-refractivity contribution in [1.29, 1.82) is 0 Å². The molecule has 1 aromatic heterocycles. The van der Waals surface area contributed by atoms with Gasteiger partial charge < -0.3 is 19.1 Å². The average Bonchev–Trinajstić information content (AvgIpc) is 1.84. The summed E-state index contributed by atoms with van der Waals surface area (Å²) in [5.74, 6) is 0.855. The molecule has 0 saturated carbocycles. The maximum Gasteiger partial charge on any atom is 0.252 e. The Kier molecular flexibility index (Phi) is 11.6. The number of furan rings is 1. The van der Waals surface area contributed by atoms with E-state index in [0.717, 1.165) is 50.7 Å². The van der Waals surface area contributed by atoms with Crippen molar-refractivity contribution in [3.8, 4) is 22.5 Å². The smallest absolute Gasteiger partial charge is 0.252 e. The Labute approximate surface area is 475 Å². The Bertz CT molecular complexity index is 3890. The Morgan fingerprint density at radius 2 is 0.875 bits per heavy atom. The Morgan fingerprint density at radius 1 is 0.400 bits per heavy atom. The molecule has 1 aliphatic carbocycles. The van der Waals surface area contributed by atoms with E-state index in [2.05, 4.69) is 294 Å². The predicted molar refractivity (Wildman–Crippen MR) is 343 cm³/mol. The van der Waals surface area contributed by atoms with Crippen LogP contribution in [0.15, 0.2) is 199 Å². The maximum atomic E-state index is 6.48. The average molecular weight is 1040 g/mol. The summed E-state index contributed by atoms with van der Waals surface area (Å²) in [6.07, 6.45) is 0. The van der Waals surface area contributed by atoms with Gasteiger partial charge in [0.1, 0.15) is 11.3 Å². The van der Waals surface area contributed by atoms with Crippen LogP contribution in [0.5, 0.6) is 0 Å². The van der Waals surface area contributed by atoms with Crippen molar-refractivity contribution < 1.29 is 4.42 Å². The molecule has 0 bridgehead atoms. The van der Waals surface area contributed by atoms with Gasteiger partial charge >= 0.3 is 0 Å². The first-order chi connectivity index (χ1) is 37.9. The molecule has 398 valence electrons. The molecule has 9 aromatic carbocycles. The number of fused-ring (bicyclic) bond motifs is 8. The fourth-order valence-corrected chi connectivity index (χ4v) is 13.0. The third-order valence-corrected chi connectivity index (χ3v) is 17.7. The standard InChI is InChI=1S/C75H74BN3O/c1-71(2,3)49-25-33-54(34-26-49)78-64-39-29-51(73(7,8)9)42-62(64)76-63-43-52(74(10,11)12)30-40-65(63)79(55-35-27-50(28-36-55)72(4,5)6)67-46-57(45-66(78)70(67)76)77(53-31-23-47(24-32-53)69-41-48-19-15-18-22-68(48)80-69)56-37-38-59-58-20-16-17-21-60(58)75(13,14)61(59)44-56/h15-46H,1-14H3. The summed E-state index contributed by atoms with van der Waals surface area (Å²) < 4.78 is 6.48. The Balaban J connectivity index is 1.12. The number of nitrogens with zero attached hydrogens (tertiary/aromatic N) is 3. The van der Waals surface area contributed by atoms with E-state index in [9.17, 15) is 0 Å². The molecule has 80 heavy (non-hydrogen) atoms. The third-order valence-electron chi connectivity index (χ3n) is 17.7. The molecule has 3 heterocycles. The minimum absolute atomic E-state index is 0.00606. The molecule has 0 saturated heterocycles. The minimum Gasteiger partial charge on any atom is -0.456 e. The highest BCUT2D eigenvalue weighted by Gasteiger charge is 2.45. The van der Waals surface area contributed by atoms with Crippen LogP contribution in [0.3, 0.4) is 0 Å². The van der Waals surface area contributed by atoms with E-state index in [1.165, 1.54) is 83.6 Å². The topological polar surface area (TPSA) is 22.9 Å². The lowest BCUT2D eigenvalue weighted by molar-refractivity contribution is 0.590. The summed E-state index contributed by atoms with van der Waals surface area (Å²) in [5, 5.41) is 1.10. The van der Waals surface area contributed by atoms with Gasteiger partial charge in [0.15, 0.2) is 0 Å². The monoisotopic (exact) mass is 1040 g/mol. The molecule has 10 aromatic rings. The van der Waals surface area contributed by atoms with E-state index < -0.39 is 0 Å². The highest BCUT2D eigenvalue weighted by atomic mass is 16.3. The number of hydrogen-bond acceptors (Lipinski definition) is 4. The fraction of sp³-hybridized carbons (Fsp3) is 0.253. The van der Waals surface area contributed by atoms with Crippen LogP contribution in [0.25, 0.3) is 33.4 Å². The zero-order valence-corrected chi connectivity index (χ0v) is 49.3. The normalized spacial score (nSPS) is 14.4. The van der Waals surface area contributed by atoms with E-state index in [1.807, 2.05) is 12.1 Å². The molecule has 3 aliphatic rings. The highest BCUT2D eigenvalue weighted by Crippen LogP contribution is 2.53. The van der Waals surface area contributed by atoms with Crippen molar-refractivity contribution in [2.24, 2.45) is 0 Å². The van der Waals surface area contributed by atoms with Crippen molar-refractivity contribution in [3.63, 3.8) is 0 Å². The molecule has 0 amide bonds. The van der Waals surface area contributed by atoms with Crippen LogP contribution in [-0.2, 0) is 27.1 Å². The lowest BCUT2D eigenvalue weighted by Crippen LogP contribution is -2.61. The lowest BCUT2D eigenvalue weighted by atomic mass is 9.33. The summed E-state index contributed by atoms with van der Waals surface area (Å²) in [7, 11) is 0. The summed E-state index contributed by atoms with van der Waals surface area (Å²) in [6, 6.07) is 74.0. The van der Waals surface area contributed by atoms with Crippen LogP contribution < -0.4 is 31.1 Å². The van der Waals surface area contributed by atoms with Crippen LogP contribution in [0.2, 0.25) is 0 Å². The van der Waals surface area contributed by atoms with Crippen LogP contribution in [0.4, 0.5) is 51.2 Å². The molecule has 0 unspecified atom stereocenters. The largest absolute Gasteiger partial charge is 0.456 e. The molecule has 0 radical (unpaired) electrons. The van der Waals surface area contributed by atoms with Gasteiger partial charge in [-0.05, 0) is 180 Å². The Hall–Kier alpha value is -8.02. The van der Waals surface area contributed by atoms with Gasteiger partial charge in [-0.2, -0.15) is 0 Å². The van der Waals surface area contributed by atoms with Crippen molar-refractivity contribution in [3.05, 3.63) is 228 Å². The van der Waals surface area contributed by atoms with Crippen LogP contribution in [-0.4, -0.2) is 6.71 Å². The van der Waals surface area contributed by atoms with Gasteiger partial charge in [-0.1, -0.05) is 194 Å². The molecule has 4 nitrogen and oxygen atoms in total. The fourth-order valence-electron chi connectivity index (χ4n) is 13.0. The summed E-state index contributed by atoms with van der Waals surface area (Å²) in [4.78, 5) is 7.67. The van der Waals surface area contributed by atoms with Crippen LogP contribution in [0, 0.1) is 0 Å². The second-order valence-electron chi connectivity index (χ2n) is 27.6.